The molecule has 1 saturated carbocycles. The molecule has 0 radical (unpaired) electrons. The Balaban J connectivity index is 2.56. The highest BCUT2D eigenvalue weighted by atomic mass is 16.5. The first-order chi connectivity index (χ1) is 6.69. The molecule has 2 atom stereocenters. The number of carbonyl (C=O) groups is 2. The van der Waals surface area contributed by atoms with Crippen LogP contribution in [0, 0.1) is 11.8 Å². The van der Waals surface area contributed by atoms with Crippen LogP contribution in [0.25, 0.3) is 0 Å². The van der Waals surface area contributed by atoms with Gasteiger partial charge in [-0.15, -0.1) is 0 Å². The maximum absolute atomic E-state index is 11.5. The minimum atomic E-state index is -0.381. The van der Waals surface area contributed by atoms with E-state index < -0.39 is 0 Å². The Hall–Kier alpha value is -0.700. The summed E-state index contributed by atoms with van der Waals surface area (Å²) < 4.78 is 4.77. The third kappa shape index (κ3) is 2.64. The summed E-state index contributed by atoms with van der Waals surface area (Å²) in [6, 6.07) is 0. The van der Waals surface area contributed by atoms with Gasteiger partial charge in [0.25, 0.3) is 0 Å². The van der Waals surface area contributed by atoms with Crippen LogP contribution in [0.1, 0.15) is 32.6 Å². The largest absolute Gasteiger partial charge is 0.377 e. The Morgan fingerprint density at radius 1 is 1.57 bits per heavy atom. The maximum atomic E-state index is 11.5. The molecule has 0 aliphatic heterocycles. The SMILES string of the molecule is CCC1CCC(=O)C(C(=O)COC)C1. The van der Waals surface area contributed by atoms with Gasteiger partial charge in [0.2, 0.25) is 0 Å². The van der Waals surface area contributed by atoms with Crippen LogP contribution in [0.4, 0.5) is 0 Å². The van der Waals surface area contributed by atoms with E-state index >= 15 is 0 Å². The summed E-state index contributed by atoms with van der Waals surface area (Å²) in [5.74, 6) is 0.222. The number of carbonyl (C=O) groups excluding carboxylic acids is 2. The van der Waals surface area contributed by atoms with Gasteiger partial charge in [-0.2, -0.15) is 0 Å². The van der Waals surface area contributed by atoms with Crippen LogP contribution >= 0.6 is 0 Å². The van der Waals surface area contributed by atoms with Crippen LogP contribution in [0.2, 0.25) is 0 Å². The average Bonchev–Trinajstić information content (AvgIpc) is 2.19. The molecule has 0 bridgehead atoms. The zero-order chi connectivity index (χ0) is 10.6. The zero-order valence-electron chi connectivity index (χ0n) is 8.91. The van der Waals surface area contributed by atoms with Crippen molar-refractivity contribution in [2.24, 2.45) is 11.8 Å². The second kappa shape index (κ2) is 5.25. The molecule has 0 heterocycles. The fraction of sp³-hybridized carbons (Fsp3) is 0.818. The van der Waals surface area contributed by atoms with Crippen molar-refractivity contribution in [2.75, 3.05) is 13.7 Å². The molecule has 0 saturated heterocycles. The molecule has 0 aromatic carbocycles. The molecule has 3 heteroatoms. The molecular weight excluding hydrogens is 180 g/mol. The Morgan fingerprint density at radius 3 is 2.86 bits per heavy atom. The summed E-state index contributed by atoms with van der Waals surface area (Å²) in [6.07, 6.45) is 3.31. The van der Waals surface area contributed by atoms with Crippen molar-refractivity contribution in [1.29, 1.82) is 0 Å². The Kier molecular flexibility index (Phi) is 4.26. The molecule has 1 rings (SSSR count). The first-order valence-electron chi connectivity index (χ1n) is 5.23. The first-order valence-corrected chi connectivity index (χ1v) is 5.23. The van der Waals surface area contributed by atoms with Crippen molar-refractivity contribution in [3.8, 4) is 0 Å². The maximum Gasteiger partial charge on any atom is 0.168 e. The van der Waals surface area contributed by atoms with Crippen molar-refractivity contribution in [3.63, 3.8) is 0 Å². The number of rotatable bonds is 4. The van der Waals surface area contributed by atoms with E-state index in [1.165, 1.54) is 7.11 Å². The van der Waals surface area contributed by atoms with Gasteiger partial charge in [0.15, 0.2) is 5.78 Å². The number of Topliss-reactive ketones (excluding diaryl/α,β-unsaturated/α-hetero) is 2. The standard InChI is InChI=1S/C11H18O3/c1-3-8-4-5-10(12)9(6-8)11(13)7-14-2/h8-9H,3-7H2,1-2H3. The van der Waals surface area contributed by atoms with Crippen molar-refractivity contribution in [2.45, 2.75) is 32.6 Å². The van der Waals surface area contributed by atoms with Crippen LogP contribution in [0.15, 0.2) is 0 Å². The first kappa shape index (κ1) is 11.4. The van der Waals surface area contributed by atoms with E-state index in [0.29, 0.717) is 12.3 Å². The van der Waals surface area contributed by atoms with Crippen molar-refractivity contribution < 1.29 is 14.3 Å². The summed E-state index contributed by atoms with van der Waals surface area (Å²) in [5.41, 5.74) is 0. The lowest BCUT2D eigenvalue weighted by Gasteiger charge is -2.26. The molecule has 1 aliphatic carbocycles. The molecule has 80 valence electrons. The summed E-state index contributed by atoms with van der Waals surface area (Å²) in [6.45, 7) is 2.19. The van der Waals surface area contributed by atoms with Crippen LogP contribution < -0.4 is 0 Å². The molecule has 0 spiro atoms. The fourth-order valence-electron chi connectivity index (χ4n) is 2.03. The molecule has 0 N–H and O–H groups in total. The Morgan fingerprint density at radius 2 is 2.29 bits per heavy atom. The highest BCUT2D eigenvalue weighted by Crippen LogP contribution is 2.29. The lowest BCUT2D eigenvalue weighted by atomic mass is 9.77. The monoisotopic (exact) mass is 198 g/mol. The van der Waals surface area contributed by atoms with E-state index in [-0.39, 0.29) is 24.1 Å². The predicted octanol–water partition coefficient (Wildman–Crippen LogP) is 1.60. The summed E-state index contributed by atoms with van der Waals surface area (Å²) in [5, 5.41) is 0. The average molecular weight is 198 g/mol. The third-order valence-corrected chi connectivity index (χ3v) is 3.01. The van der Waals surface area contributed by atoms with E-state index in [9.17, 15) is 9.59 Å². The molecule has 3 nitrogen and oxygen atoms in total. The molecule has 0 aromatic heterocycles. The zero-order valence-corrected chi connectivity index (χ0v) is 8.91. The second-order valence-electron chi connectivity index (χ2n) is 3.97. The number of methoxy groups -OCH3 is 1. The summed E-state index contributed by atoms with van der Waals surface area (Å²) in [4.78, 5) is 23.0. The van der Waals surface area contributed by atoms with Gasteiger partial charge in [-0.25, -0.2) is 0 Å². The normalized spacial score (nSPS) is 27.7. The third-order valence-electron chi connectivity index (χ3n) is 3.01. The highest BCUT2D eigenvalue weighted by molar-refractivity contribution is 6.03. The van der Waals surface area contributed by atoms with Crippen LogP contribution in [-0.4, -0.2) is 25.3 Å². The molecule has 0 amide bonds. The lowest BCUT2D eigenvalue weighted by molar-refractivity contribution is -0.137. The molecule has 2 unspecified atom stereocenters. The van der Waals surface area contributed by atoms with E-state index in [1.807, 2.05) is 0 Å². The van der Waals surface area contributed by atoms with Crippen molar-refractivity contribution in [1.82, 2.24) is 0 Å². The van der Waals surface area contributed by atoms with Gasteiger partial charge < -0.3 is 4.74 Å². The molecular formula is C11H18O3. The van der Waals surface area contributed by atoms with Gasteiger partial charge in [-0.05, 0) is 18.8 Å². The van der Waals surface area contributed by atoms with Crippen molar-refractivity contribution >= 4 is 11.6 Å². The molecule has 1 fully saturated rings. The molecule has 1 aliphatic rings. The number of hydrogen-bond donors (Lipinski definition) is 0. The Labute approximate surface area is 84.8 Å². The van der Waals surface area contributed by atoms with E-state index in [1.54, 1.807) is 0 Å². The highest BCUT2D eigenvalue weighted by Gasteiger charge is 2.32. The van der Waals surface area contributed by atoms with Crippen LogP contribution in [-0.2, 0) is 14.3 Å². The number of hydrogen-bond acceptors (Lipinski definition) is 3. The number of ketones is 2. The lowest BCUT2D eigenvalue weighted by Crippen LogP contribution is -2.33. The van der Waals surface area contributed by atoms with Gasteiger partial charge >= 0.3 is 0 Å². The van der Waals surface area contributed by atoms with Gasteiger partial charge in [-0.3, -0.25) is 9.59 Å². The molecule has 14 heavy (non-hydrogen) atoms. The minimum Gasteiger partial charge on any atom is -0.377 e. The summed E-state index contributed by atoms with van der Waals surface area (Å²) in [7, 11) is 1.49. The second-order valence-corrected chi connectivity index (χ2v) is 3.97. The minimum absolute atomic E-state index is 0.0457. The predicted molar refractivity (Wildman–Crippen MR) is 53.0 cm³/mol. The van der Waals surface area contributed by atoms with Gasteiger partial charge in [-0.1, -0.05) is 13.3 Å². The van der Waals surface area contributed by atoms with Gasteiger partial charge in [0, 0.05) is 13.5 Å². The Bertz CT molecular complexity index is 223. The van der Waals surface area contributed by atoms with E-state index in [4.69, 9.17) is 4.74 Å². The smallest absolute Gasteiger partial charge is 0.168 e. The van der Waals surface area contributed by atoms with E-state index in [2.05, 4.69) is 6.92 Å². The topological polar surface area (TPSA) is 43.4 Å². The van der Waals surface area contributed by atoms with Crippen LogP contribution in [0.3, 0.4) is 0 Å². The van der Waals surface area contributed by atoms with Crippen LogP contribution in [0.5, 0.6) is 0 Å². The van der Waals surface area contributed by atoms with Gasteiger partial charge in [0.1, 0.15) is 12.4 Å². The number of ether oxygens (including phenoxy) is 1. The van der Waals surface area contributed by atoms with E-state index in [0.717, 1.165) is 19.3 Å². The quantitative estimate of drug-likeness (QED) is 0.644. The molecule has 0 aromatic rings. The van der Waals surface area contributed by atoms with Gasteiger partial charge in [0.05, 0.1) is 5.92 Å². The van der Waals surface area contributed by atoms with Crippen molar-refractivity contribution in [3.05, 3.63) is 0 Å². The summed E-state index contributed by atoms with van der Waals surface area (Å²) >= 11 is 0. The fourth-order valence-corrected chi connectivity index (χ4v) is 2.03.